The number of quaternary nitrogens is 1. The number of carbonyl (C=O) groups is 1. The molecule has 0 aromatic rings. The van der Waals surface area contributed by atoms with Crippen LogP contribution in [0, 0.1) is 11.1 Å². The molecule has 1 unspecified atom stereocenters. The number of ether oxygens (including phenoxy) is 1. The normalized spacial score (nSPS) is 35.0. The molecule has 2 rings (SSSR count). The van der Waals surface area contributed by atoms with Crippen LogP contribution in [-0.2, 0) is 9.53 Å². The molecule has 126 valence electrons. The van der Waals surface area contributed by atoms with Crippen molar-refractivity contribution in [1.82, 2.24) is 0 Å². The van der Waals surface area contributed by atoms with Gasteiger partial charge in [0.1, 0.15) is 18.8 Å². The SMILES string of the molecule is CC(C)[C@@](O)(C(=O)OCC1=CC[N+]2([O-])CC[C@@H](O)[C@@H]12)[C@H](C)O. The number of aliphatic hydroxyl groups is 3. The predicted molar refractivity (Wildman–Crippen MR) is 78.3 cm³/mol. The first-order valence-corrected chi connectivity index (χ1v) is 7.65. The highest BCUT2D eigenvalue weighted by molar-refractivity contribution is 5.80. The second kappa shape index (κ2) is 5.90. The Balaban J connectivity index is 2.03. The fourth-order valence-electron chi connectivity index (χ4n) is 3.41. The van der Waals surface area contributed by atoms with Crippen molar-refractivity contribution in [2.75, 3.05) is 19.7 Å². The van der Waals surface area contributed by atoms with Gasteiger partial charge in [0.05, 0.1) is 19.2 Å². The number of nitrogens with zero attached hydrogens (tertiary/aromatic N) is 1. The fraction of sp³-hybridized carbons (Fsp3) is 0.800. The standard InChI is InChI=1S/C15H25NO6/c1-9(2)15(20,10(3)17)14(19)22-8-11-4-6-16(21)7-5-12(18)13(11)16/h4,9-10,12-13,17-18,20H,5-8H2,1-3H3/t10-,12+,13+,15-,16?/m0/s1. The number of esters is 1. The molecule has 7 heteroatoms. The highest BCUT2D eigenvalue weighted by Gasteiger charge is 2.49. The van der Waals surface area contributed by atoms with Crippen LogP contribution in [0.5, 0.6) is 0 Å². The molecule has 5 atom stereocenters. The van der Waals surface area contributed by atoms with Gasteiger partial charge < -0.3 is 29.9 Å². The van der Waals surface area contributed by atoms with Crippen LogP contribution in [0.15, 0.2) is 11.6 Å². The van der Waals surface area contributed by atoms with Crippen LogP contribution in [0.3, 0.4) is 0 Å². The minimum atomic E-state index is -1.99. The lowest BCUT2D eigenvalue weighted by Gasteiger charge is -2.40. The summed E-state index contributed by atoms with van der Waals surface area (Å²) in [5, 5.41) is 42.4. The molecule has 0 saturated carbocycles. The zero-order valence-electron chi connectivity index (χ0n) is 13.2. The Bertz CT molecular complexity index is 467. The molecule has 3 N–H and O–H groups in total. The lowest BCUT2D eigenvalue weighted by Crippen LogP contribution is -2.53. The second-order valence-electron chi connectivity index (χ2n) is 6.67. The maximum atomic E-state index is 12.4. The quantitative estimate of drug-likeness (QED) is 0.278. The molecule has 2 aliphatic heterocycles. The Morgan fingerprint density at radius 2 is 2.18 bits per heavy atom. The highest BCUT2D eigenvalue weighted by Crippen LogP contribution is 2.36. The Morgan fingerprint density at radius 1 is 1.55 bits per heavy atom. The van der Waals surface area contributed by atoms with Gasteiger partial charge in [0.25, 0.3) is 0 Å². The zero-order chi connectivity index (χ0) is 16.7. The van der Waals surface area contributed by atoms with E-state index >= 15 is 0 Å². The summed E-state index contributed by atoms with van der Waals surface area (Å²) >= 11 is 0. The van der Waals surface area contributed by atoms with E-state index in [0.29, 0.717) is 18.5 Å². The number of carbonyl (C=O) groups excluding carboxylic acids is 1. The van der Waals surface area contributed by atoms with E-state index in [1.165, 1.54) is 6.92 Å². The molecule has 0 radical (unpaired) electrons. The smallest absolute Gasteiger partial charge is 0.341 e. The molecule has 0 aromatic carbocycles. The minimum Gasteiger partial charge on any atom is -0.632 e. The molecule has 0 amide bonds. The van der Waals surface area contributed by atoms with Crippen molar-refractivity contribution in [3.63, 3.8) is 0 Å². The molecular weight excluding hydrogens is 290 g/mol. The third kappa shape index (κ3) is 2.68. The molecular formula is C15H25NO6. The van der Waals surface area contributed by atoms with Crippen molar-refractivity contribution in [2.24, 2.45) is 5.92 Å². The van der Waals surface area contributed by atoms with E-state index in [4.69, 9.17) is 4.74 Å². The van der Waals surface area contributed by atoms with Gasteiger partial charge >= 0.3 is 5.97 Å². The molecule has 2 heterocycles. The molecule has 22 heavy (non-hydrogen) atoms. The Kier molecular flexibility index (Phi) is 4.66. The molecule has 0 spiro atoms. The lowest BCUT2D eigenvalue weighted by atomic mass is 9.85. The Labute approximate surface area is 130 Å². The largest absolute Gasteiger partial charge is 0.632 e. The van der Waals surface area contributed by atoms with Gasteiger partial charge in [-0.15, -0.1) is 0 Å². The van der Waals surface area contributed by atoms with Crippen LogP contribution in [-0.4, -0.2) is 69.5 Å². The van der Waals surface area contributed by atoms with Gasteiger partial charge in [-0.05, 0) is 18.9 Å². The maximum absolute atomic E-state index is 12.4. The van der Waals surface area contributed by atoms with Gasteiger partial charge in [-0.3, -0.25) is 0 Å². The van der Waals surface area contributed by atoms with Crippen LogP contribution in [0.4, 0.5) is 0 Å². The summed E-state index contributed by atoms with van der Waals surface area (Å²) in [5.41, 5.74) is -1.40. The van der Waals surface area contributed by atoms with E-state index in [-0.39, 0.29) is 13.2 Å². The number of fused-ring (bicyclic) bond motifs is 1. The minimum absolute atomic E-state index is 0.148. The topological polar surface area (TPSA) is 110 Å². The number of aliphatic hydroxyl groups excluding tert-OH is 2. The molecule has 0 aliphatic carbocycles. The lowest BCUT2D eigenvalue weighted by molar-refractivity contribution is -0.877. The van der Waals surface area contributed by atoms with E-state index in [1.807, 2.05) is 0 Å². The fourth-order valence-corrected chi connectivity index (χ4v) is 3.41. The molecule has 0 aromatic heterocycles. The average Bonchev–Trinajstić information content (AvgIpc) is 2.92. The Morgan fingerprint density at radius 3 is 2.73 bits per heavy atom. The second-order valence-corrected chi connectivity index (χ2v) is 6.67. The van der Waals surface area contributed by atoms with Gasteiger partial charge in [0.2, 0.25) is 0 Å². The van der Waals surface area contributed by atoms with E-state index in [0.717, 1.165) is 0 Å². The summed E-state index contributed by atoms with van der Waals surface area (Å²) in [4.78, 5) is 12.2. The van der Waals surface area contributed by atoms with Crippen molar-refractivity contribution in [2.45, 2.75) is 51.0 Å². The number of rotatable bonds is 5. The Hall–Kier alpha value is -0.990. The maximum Gasteiger partial charge on any atom is 0.341 e. The van der Waals surface area contributed by atoms with Gasteiger partial charge in [0, 0.05) is 12.0 Å². The van der Waals surface area contributed by atoms with Crippen molar-refractivity contribution in [3.8, 4) is 0 Å². The predicted octanol–water partition coefficient (Wildman–Crippen LogP) is -0.315. The summed E-state index contributed by atoms with van der Waals surface area (Å²) in [6.07, 6.45) is 0.127. The van der Waals surface area contributed by atoms with Gasteiger partial charge in [-0.1, -0.05) is 13.8 Å². The van der Waals surface area contributed by atoms with Gasteiger partial charge in [-0.25, -0.2) is 4.79 Å². The monoisotopic (exact) mass is 315 g/mol. The number of hydroxylamine groups is 3. The first-order chi connectivity index (χ1) is 10.1. The van der Waals surface area contributed by atoms with E-state index < -0.39 is 40.4 Å². The highest BCUT2D eigenvalue weighted by atomic mass is 16.6. The number of hydrogen-bond donors (Lipinski definition) is 3. The molecule has 0 bridgehead atoms. The summed E-state index contributed by atoms with van der Waals surface area (Å²) in [5.74, 6) is -1.44. The van der Waals surface area contributed by atoms with Crippen molar-refractivity contribution in [3.05, 3.63) is 16.9 Å². The molecule has 2 aliphatic rings. The van der Waals surface area contributed by atoms with Crippen LogP contribution in [0.2, 0.25) is 0 Å². The van der Waals surface area contributed by atoms with E-state index in [1.54, 1.807) is 19.9 Å². The third-order valence-electron chi connectivity index (χ3n) is 4.93. The summed E-state index contributed by atoms with van der Waals surface area (Å²) in [7, 11) is 0. The van der Waals surface area contributed by atoms with E-state index in [9.17, 15) is 25.3 Å². The third-order valence-corrected chi connectivity index (χ3v) is 4.93. The van der Waals surface area contributed by atoms with Crippen molar-refractivity contribution < 1.29 is 29.5 Å². The molecule has 7 nitrogen and oxygen atoms in total. The van der Waals surface area contributed by atoms with Crippen LogP contribution >= 0.6 is 0 Å². The van der Waals surface area contributed by atoms with Crippen LogP contribution in [0.25, 0.3) is 0 Å². The summed E-state index contributed by atoms with van der Waals surface area (Å²) in [6.45, 7) is 5.02. The molecule has 1 saturated heterocycles. The first-order valence-electron chi connectivity index (χ1n) is 7.65. The zero-order valence-corrected chi connectivity index (χ0v) is 13.2. The van der Waals surface area contributed by atoms with E-state index in [2.05, 4.69) is 0 Å². The van der Waals surface area contributed by atoms with Crippen molar-refractivity contribution >= 4 is 5.97 Å². The van der Waals surface area contributed by atoms with Gasteiger partial charge in [0.15, 0.2) is 5.60 Å². The molecule has 1 fully saturated rings. The van der Waals surface area contributed by atoms with Crippen LogP contribution < -0.4 is 0 Å². The van der Waals surface area contributed by atoms with Crippen molar-refractivity contribution in [1.29, 1.82) is 0 Å². The summed E-state index contributed by atoms with van der Waals surface area (Å²) < 4.78 is 4.64. The number of hydrogen-bond acceptors (Lipinski definition) is 6. The van der Waals surface area contributed by atoms with Crippen LogP contribution in [0.1, 0.15) is 27.2 Å². The van der Waals surface area contributed by atoms with Gasteiger partial charge in [-0.2, -0.15) is 0 Å². The average molecular weight is 315 g/mol. The summed E-state index contributed by atoms with van der Waals surface area (Å²) in [6, 6.07) is -0.591. The first kappa shape index (κ1) is 17.4.